The number of ether oxygens (including phenoxy) is 5. The maximum Gasteiger partial charge on any atom is 0.338 e. The predicted molar refractivity (Wildman–Crippen MR) is 130 cm³/mol. The minimum atomic E-state index is -0.726. The highest BCUT2D eigenvalue weighted by Crippen LogP contribution is 2.34. The number of benzene rings is 2. The molecule has 36 heavy (non-hydrogen) atoms. The minimum Gasteiger partial charge on any atom is -0.486 e. The molecule has 0 unspecified atom stereocenters. The summed E-state index contributed by atoms with van der Waals surface area (Å²) in [6.07, 6.45) is 0.246. The molecule has 9 heteroatoms. The first-order valence-electron chi connectivity index (χ1n) is 11.2. The lowest BCUT2D eigenvalue weighted by atomic mass is 10.0. The van der Waals surface area contributed by atoms with Crippen LogP contribution in [0.15, 0.2) is 60.7 Å². The fourth-order valence-electron chi connectivity index (χ4n) is 2.69. The summed E-state index contributed by atoms with van der Waals surface area (Å²) in [5.74, 6) is -1.89. The summed E-state index contributed by atoms with van der Waals surface area (Å²) in [6, 6.07) is 9.09. The molecule has 0 aliphatic heterocycles. The highest BCUT2D eigenvalue weighted by atomic mass is 19.1. The molecule has 0 fully saturated rings. The lowest BCUT2D eigenvalue weighted by Crippen LogP contribution is -2.14. The standard InChI is InChI=1S/C27H29FO8/c1-6-25(29)34-13-11-33-24-16-20(8-10-23(24)32-12-14-35-26(30)17(2)3)19-7-9-22(21(28)15-19)36-27(31)18(4)5/h7-10,15-16H,2,4,6,11-14H2,1,3,5H3. The zero-order valence-electron chi connectivity index (χ0n) is 20.6. The van der Waals surface area contributed by atoms with Crippen LogP contribution in [0.2, 0.25) is 0 Å². The number of esters is 3. The zero-order valence-corrected chi connectivity index (χ0v) is 20.6. The van der Waals surface area contributed by atoms with Crippen LogP contribution in [0, 0.1) is 5.82 Å². The number of carbonyl (C=O) groups is 3. The average molecular weight is 501 g/mol. The molecule has 0 amide bonds. The molecule has 0 saturated heterocycles. The quantitative estimate of drug-likeness (QED) is 0.167. The van der Waals surface area contributed by atoms with E-state index in [-0.39, 0.29) is 55.7 Å². The molecule has 0 N–H and O–H groups in total. The van der Waals surface area contributed by atoms with E-state index in [1.165, 1.54) is 19.1 Å². The second kappa shape index (κ2) is 13.7. The van der Waals surface area contributed by atoms with E-state index in [1.54, 1.807) is 38.1 Å². The van der Waals surface area contributed by atoms with Gasteiger partial charge in [0.25, 0.3) is 0 Å². The van der Waals surface area contributed by atoms with Crippen LogP contribution in [0.25, 0.3) is 11.1 Å². The Bertz CT molecular complexity index is 1140. The van der Waals surface area contributed by atoms with Gasteiger partial charge in [0.05, 0.1) is 0 Å². The molecule has 0 aliphatic carbocycles. The van der Waals surface area contributed by atoms with E-state index in [4.69, 9.17) is 23.7 Å². The van der Waals surface area contributed by atoms with E-state index < -0.39 is 17.8 Å². The third kappa shape index (κ3) is 8.57. The van der Waals surface area contributed by atoms with Crippen molar-refractivity contribution in [2.75, 3.05) is 26.4 Å². The summed E-state index contributed by atoms with van der Waals surface area (Å²) in [5, 5.41) is 0. The molecule has 0 saturated carbocycles. The maximum absolute atomic E-state index is 14.6. The van der Waals surface area contributed by atoms with Gasteiger partial charge < -0.3 is 23.7 Å². The first-order valence-corrected chi connectivity index (χ1v) is 11.2. The molecule has 2 rings (SSSR count). The third-order valence-corrected chi connectivity index (χ3v) is 4.58. The van der Waals surface area contributed by atoms with E-state index in [9.17, 15) is 18.8 Å². The van der Waals surface area contributed by atoms with Gasteiger partial charge in [0.1, 0.15) is 26.4 Å². The van der Waals surface area contributed by atoms with Gasteiger partial charge in [-0.05, 0) is 49.2 Å². The highest BCUT2D eigenvalue weighted by Gasteiger charge is 2.14. The van der Waals surface area contributed by atoms with Crippen molar-refractivity contribution in [2.45, 2.75) is 27.2 Å². The number of carbonyl (C=O) groups excluding carboxylic acids is 3. The first kappa shape index (κ1) is 28.1. The van der Waals surface area contributed by atoms with Gasteiger partial charge in [-0.2, -0.15) is 0 Å². The third-order valence-electron chi connectivity index (χ3n) is 4.58. The fourth-order valence-corrected chi connectivity index (χ4v) is 2.69. The Balaban J connectivity index is 2.19. The molecule has 2 aromatic carbocycles. The van der Waals surface area contributed by atoms with Crippen LogP contribution in [0.1, 0.15) is 27.2 Å². The van der Waals surface area contributed by atoms with Gasteiger partial charge >= 0.3 is 17.9 Å². The van der Waals surface area contributed by atoms with Gasteiger partial charge in [-0.3, -0.25) is 4.79 Å². The summed E-state index contributed by atoms with van der Waals surface area (Å²) in [4.78, 5) is 34.5. The Morgan fingerprint density at radius 2 is 1.31 bits per heavy atom. The normalized spacial score (nSPS) is 10.2. The summed E-state index contributed by atoms with van der Waals surface area (Å²) < 4.78 is 41.0. The fraction of sp³-hybridized carbons (Fsp3) is 0.296. The van der Waals surface area contributed by atoms with Gasteiger partial charge in [-0.25, -0.2) is 14.0 Å². The molecule has 0 radical (unpaired) electrons. The van der Waals surface area contributed by atoms with Crippen LogP contribution in [0.5, 0.6) is 17.2 Å². The number of halogens is 1. The van der Waals surface area contributed by atoms with Crippen molar-refractivity contribution in [3.05, 3.63) is 66.5 Å². The Labute approximate surface area is 209 Å². The van der Waals surface area contributed by atoms with Gasteiger partial charge in [0.2, 0.25) is 0 Å². The molecule has 2 aromatic rings. The monoisotopic (exact) mass is 500 g/mol. The second-order valence-electron chi connectivity index (χ2n) is 7.66. The zero-order chi connectivity index (χ0) is 26.7. The van der Waals surface area contributed by atoms with Crippen molar-refractivity contribution in [1.82, 2.24) is 0 Å². The largest absolute Gasteiger partial charge is 0.486 e. The molecule has 8 nitrogen and oxygen atoms in total. The Morgan fingerprint density at radius 3 is 1.89 bits per heavy atom. The Hall–Kier alpha value is -4.14. The van der Waals surface area contributed by atoms with Crippen molar-refractivity contribution in [2.24, 2.45) is 0 Å². The molecule has 0 aromatic heterocycles. The van der Waals surface area contributed by atoms with Crippen molar-refractivity contribution in [1.29, 1.82) is 0 Å². The van der Waals surface area contributed by atoms with Gasteiger partial charge in [0, 0.05) is 17.6 Å². The molecular formula is C27H29FO8. The molecule has 192 valence electrons. The van der Waals surface area contributed by atoms with E-state index in [1.807, 2.05) is 0 Å². The summed E-state index contributed by atoms with van der Waals surface area (Å²) >= 11 is 0. The van der Waals surface area contributed by atoms with Gasteiger partial charge in [0.15, 0.2) is 23.1 Å². The van der Waals surface area contributed by atoms with Crippen molar-refractivity contribution < 1.29 is 42.5 Å². The van der Waals surface area contributed by atoms with E-state index >= 15 is 0 Å². The smallest absolute Gasteiger partial charge is 0.338 e. The number of hydrogen-bond donors (Lipinski definition) is 0. The molecule has 0 spiro atoms. The van der Waals surface area contributed by atoms with Crippen LogP contribution in [-0.2, 0) is 23.9 Å². The SMILES string of the molecule is C=C(C)C(=O)OCCOc1ccc(-c2ccc(OC(=O)C(=C)C)c(F)c2)cc1OCCOC(=O)CC. The van der Waals surface area contributed by atoms with Crippen LogP contribution < -0.4 is 14.2 Å². The number of hydrogen-bond acceptors (Lipinski definition) is 8. The lowest BCUT2D eigenvalue weighted by molar-refractivity contribution is -0.144. The van der Waals surface area contributed by atoms with Crippen LogP contribution in [-0.4, -0.2) is 44.3 Å². The van der Waals surface area contributed by atoms with Crippen molar-refractivity contribution in [3.8, 4) is 28.4 Å². The Kier molecular flexibility index (Phi) is 10.7. The first-order chi connectivity index (χ1) is 17.1. The Morgan fingerprint density at radius 1 is 0.750 bits per heavy atom. The molecule has 0 atom stereocenters. The second-order valence-corrected chi connectivity index (χ2v) is 7.66. The van der Waals surface area contributed by atoms with Crippen molar-refractivity contribution >= 4 is 17.9 Å². The summed E-state index contributed by atoms with van der Waals surface area (Å²) in [6.45, 7) is 11.8. The van der Waals surface area contributed by atoms with Gasteiger partial charge in [-0.15, -0.1) is 0 Å². The average Bonchev–Trinajstić information content (AvgIpc) is 2.85. The van der Waals surface area contributed by atoms with Crippen LogP contribution >= 0.6 is 0 Å². The molecule has 0 bridgehead atoms. The van der Waals surface area contributed by atoms with Gasteiger partial charge in [-0.1, -0.05) is 32.2 Å². The summed E-state index contributed by atoms with van der Waals surface area (Å²) in [5.41, 5.74) is 1.51. The molecule has 0 heterocycles. The maximum atomic E-state index is 14.6. The minimum absolute atomic E-state index is 0.00340. The number of rotatable bonds is 13. The lowest BCUT2D eigenvalue weighted by Gasteiger charge is -2.15. The summed E-state index contributed by atoms with van der Waals surface area (Å²) in [7, 11) is 0. The van der Waals surface area contributed by atoms with Crippen LogP contribution in [0.3, 0.4) is 0 Å². The van der Waals surface area contributed by atoms with Crippen molar-refractivity contribution in [3.63, 3.8) is 0 Å². The topological polar surface area (TPSA) is 97.4 Å². The molecular weight excluding hydrogens is 471 g/mol. The predicted octanol–water partition coefficient (Wildman–Crippen LogP) is 4.80. The van der Waals surface area contributed by atoms with E-state index in [0.717, 1.165) is 0 Å². The highest BCUT2D eigenvalue weighted by molar-refractivity contribution is 5.89. The van der Waals surface area contributed by atoms with Crippen LogP contribution in [0.4, 0.5) is 4.39 Å². The molecule has 0 aliphatic rings. The van der Waals surface area contributed by atoms with E-state index in [0.29, 0.717) is 22.6 Å². The van der Waals surface area contributed by atoms with E-state index in [2.05, 4.69) is 13.2 Å².